The second-order valence-electron chi connectivity index (χ2n) is 6.88. The highest BCUT2D eigenvalue weighted by Gasteiger charge is 2.53. The molecule has 1 aliphatic heterocycles. The van der Waals surface area contributed by atoms with E-state index in [2.05, 4.69) is 5.32 Å². The second kappa shape index (κ2) is 7.49. The Morgan fingerprint density at radius 1 is 1.00 bits per heavy atom. The van der Waals surface area contributed by atoms with Crippen molar-refractivity contribution in [1.82, 2.24) is 5.32 Å². The Balaban J connectivity index is 2.08. The van der Waals surface area contributed by atoms with Crippen LogP contribution in [0.1, 0.15) is 49.0 Å². The molecular weight excluding hydrogens is 370 g/mol. The third-order valence-electron chi connectivity index (χ3n) is 4.88. The Kier molecular flexibility index (Phi) is 5.26. The quantitative estimate of drug-likeness (QED) is 0.572. The van der Waals surface area contributed by atoms with Gasteiger partial charge >= 0.3 is 17.9 Å². The van der Waals surface area contributed by atoms with E-state index in [1.54, 1.807) is 12.1 Å². The van der Waals surface area contributed by atoms with Gasteiger partial charge in [0.1, 0.15) is 11.9 Å². The summed E-state index contributed by atoms with van der Waals surface area (Å²) >= 11 is 0. The van der Waals surface area contributed by atoms with E-state index in [0.29, 0.717) is 5.56 Å². The minimum Gasteiger partial charge on any atom is -0.507 e. The fraction of sp³-hybridized carbons (Fsp3) is 0.474. The average molecular weight is 391 g/mol. The molecule has 3 rings (SSSR count). The van der Waals surface area contributed by atoms with Crippen LogP contribution in [-0.2, 0) is 28.6 Å². The molecule has 0 saturated heterocycles. The smallest absolute Gasteiger partial charge is 0.303 e. The molecule has 1 aliphatic carbocycles. The van der Waals surface area contributed by atoms with Crippen molar-refractivity contribution < 1.29 is 38.5 Å². The van der Waals surface area contributed by atoms with Gasteiger partial charge in [0.15, 0.2) is 12.2 Å². The number of hydrogen-bond donors (Lipinski definition) is 2. The number of ether oxygens (including phenoxy) is 3. The molecule has 1 heterocycles. The first-order valence-corrected chi connectivity index (χ1v) is 8.83. The Hall–Kier alpha value is -3.10. The van der Waals surface area contributed by atoms with E-state index in [1.807, 2.05) is 0 Å². The third-order valence-corrected chi connectivity index (χ3v) is 4.88. The van der Waals surface area contributed by atoms with Gasteiger partial charge in [-0.05, 0) is 18.1 Å². The summed E-state index contributed by atoms with van der Waals surface area (Å²) in [6, 6.07) is 3.97. The molecule has 0 radical (unpaired) electrons. The van der Waals surface area contributed by atoms with E-state index in [1.165, 1.54) is 26.8 Å². The maximum Gasteiger partial charge on any atom is 0.303 e. The minimum absolute atomic E-state index is 0.123. The number of esters is 3. The molecule has 1 aromatic rings. The van der Waals surface area contributed by atoms with E-state index in [0.717, 1.165) is 0 Å². The summed E-state index contributed by atoms with van der Waals surface area (Å²) in [5.74, 6) is -3.00. The molecule has 0 unspecified atom stereocenters. The Labute approximate surface area is 160 Å². The molecule has 5 atom stereocenters. The second-order valence-corrected chi connectivity index (χ2v) is 6.88. The van der Waals surface area contributed by atoms with Crippen molar-refractivity contribution in [2.24, 2.45) is 0 Å². The van der Waals surface area contributed by atoms with Crippen molar-refractivity contribution in [2.45, 2.75) is 57.5 Å². The summed E-state index contributed by atoms with van der Waals surface area (Å²) in [6.45, 7) is 3.61. The van der Waals surface area contributed by atoms with E-state index in [-0.39, 0.29) is 17.7 Å². The summed E-state index contributed by atoms with van der Waals surface area (Å²) in [5, 5.41) is 12.8. The summed E-state index contributed by atoms with van der Waals surface area (Å²) in [4.78, 5) is 47.5. The van der Waals surface area contributed by atoms with Crippen molar-refractivity contribution in [3.63, 3.8) is 0 Å². The lowest BCUT2D eigenvalue weighted by Gasteiger charge is -2.47. The van der Waals surface area contributed by atoms with Crippen LogP contribution in [0.4, 0.5) is 0 Å². The molecule has 2 N–H and O–H groups in total. The van der Waals surface area contributed by atoms with Crippen molar-refractivity contribution >= 4 is 23.8 Å². The number of hydrogen-bond acceptors (Lipinski definition) is 8. The van der Waals surface area contributed by atoms with Gasteiger partial charge in [-0.2, -0.15) is 0 Å². The number of benzene rings is 1. The normalized spacial score (nSPS) is 28.2. The van der Waals surface area contributed by atoms with Crippen LogP contribution < -0.4 is 5.32 Å². The zero-order valence-electron chi connectivity index (χ0n) is 15.6. The first kappa shape index (κ1) is 19.7. The molecule has 1 fully saturated rings. The van der Waals surface area contributed by atoms with Gasteiger partial charge in [0.05, 0.1) is 11.6 Å². The van der Waals surface area contributed by atoms with Crippen LogP contribution in [0.25, 0.3) is 0 Å². The number of phenolic OH excluding ortho intramolecular Hbond substituents is 1. The van der Waals surface area contributed by atoms with Gasteiger partial charge < -0.3 is 24.6 Å². The summed E-state index contributed by atoms with van der Waals surface area (Å²) in [5.41, 5.74) is 0.669. The molecule has 0 bridgehead atoms. The highest BCUT2D eigenvalue weighted by molar-refractivity contribution is 6.00. The van der Waals surface area contributed by atoms with Gasteiger partial charge in [-0.1, -0.05) is 12.1 Å². The zero-order valence-corrected chi connectivity index (χ0v) is 15.6. The number of carbonyl (C=O) groups is 4. The lowest BCUT2D eigenvalue weighted by atomic mass is 9.71. The van der Waals surface area contributed by atoms with Crippen LogP contribution >= 0.6 is 0 Å². The first-order valence-electron chi connectivity index (χ1n) is 8.83. The Morgan fingerprint density at radius 2 is 1.61 bits per heavy atom. The number of rotatable bonds is 3. The minimum atomic E-state index is -1.08. The number of carbonyl (C=O) groups excluding carboxylic acids is 4. The van der Waals surface area contributed by atoms with Crippen LogP contribution in [0.2, 0.25) is 0 Å². The summed E-state index contributed by atoms with van der Waals surface area (Å²) in [6.07, 6.45) is -2.83. The monoisotopic (exact) mass is 391 g/mol. The highest BCUT2D eigenvalue weighted by atomic mass is 16.6. The topological polar surface area (TPSA) is 128 Å². The molecule has 9 heteroatoms. The van der Waals surface area contributed by atoms with Crippen molar-refractivity contribution in [3.05, 3.63) is 29.3 Å². The number of aromatic hydroxyl groups is 1. The lowest BCUT2D eigenvalue weighted by Crippen LogP contribution is -2.63. The van der Waals surface area contributed by atoms with Gasteiger partial charge in [0.2, 0.25) is 0 Å². The van der Waals surface area contributed by atoms with Crippen molar-refractivity contribution in [2.75, 3.05) is 0 Å². The molecule has 1 saturated carbocycles. The van der Waals surface area contributed by atoms with Crippen LogP contribution in [0, 0.1) is 0 Å². The predicted molar refractivity (Wildman–Crippen MR) is 93.4 cm³/mol. The molecule has 150 valence electrons. The molecule has 28 heavy (non-hydrogen) atoms. The molecular formula is C19H21NO8. The molecule has 1 amide bonds. The molecule has 1 aromatic carbocycles. The third kappa shape index (κ3) is 3.64. The molecule has 0 spiro atoms. The number of phenols is 1. The van der Waals surface area contributed by atoms with Crippen LogP contribution in [0.3, 0.4) is 0 Å². The van der Waals surface area contributed by atoms with Crippen LogP contribution in [-0.4, -0.2) is 53.3 Å². The van der Waals surface area contributed by atoms with Gasteiger partial charge in [-0.25, -0.2) is 0 Å². The van der Waals surface area contributed by atoms with E-state index in [9.17, 15) is 24.3 Å². The van der Waals surface area contributed by atoms with E-state index in [4.69, 9.17) is 14.2 Å². The average Bonchev–Trinajstić information content (AvgIpc) is 2.57. The lowest BCUT2D eigenvalue weighted by molar-refractivity contribution is -0.194. The predicted octanol–water partition coefficient (Wildman–Crippen LogP) is 0.787. The summed E-state index contributed by atoms with van der Waals surface area (Å²) in [7, 11) is 0. The van der Waals surface area contributed by atoms with Crippen LogP contribution in [0.15, 0.2) is 18.2 Å². The SMILES string of the molecule is CC(=O)O[C@H]1[C@@H]2NC(=O)c3c(O)cccc3[C@H]2C[C@H](OC(C)=O)[C@H]1OC(C)=O. The first-order chi connectivity index (χ1) is 13.2. The van der Waals surface area contributed by atoms with Gasteiger partial charge in [0, 0.05) is 26.7 Å². The summed E-state index contributed by atoms with van der Waals surface area (Å²) < 4.78 is 16.1. The molecule has 0 aromatic heterocycles. The number of nitrogens with one attached hydrogen (secondary N) is 1. The fourth-order valence-corrected chi connectivity index (χ4v) is 4.01. The Morgan fingerprint density at radius 3 is 2.21 bits per heavy atom. The largest absolute Gasteiger partial charge is 0.507 e. The Bertz CT molecular complexity index is 835. The fourth-order valence-electron chi connectivity index (χ4n) is 4.01. The van der Waals surface area contributed by atoms with Crippen molar-refractivity contribution in [3.8, 4) is 5.75 Å². The van der Waals surface area contributed by atoms with Crippen molar-refractivity contribution in [1.29, 1.82) is 0 Å². The van der Waals surface area contributed by atoms with Crippen LogP contribution in [0.5, 0.6) is 5.75 Å². The standard InChI is InChI=1S/C19H21NO8/c1-8(21)26-14-7-12-11-5-4-6-13(24)15(11)19(25)20-16(12)18(28-10(3)23)17(14)27-9(2)22/h4-6,12,14,16-18,24H,7H2,1-3H3,(H,20,25)/t12-,14+,16-,17-,18+/m1/s1. The zero-order chi connectivity index (χ0) is 20.6. The van der Waals surface area contributed by atoms with Gasteiger partial charge in [-0.3, -0.25) is 19.2 Å². The van der Waals surface area contributed by atoms with Gasteiger partial charge in [-0.15, -0.1) is 0 Å². The number of amides is 1. The highest BCUT2D eigenvalue weighted by Crippen LogP contribution is 2.43. The van der Waals surface area contributed by atoms with E-state index < -0.39 is 54.1 Å². The maximum atomic E-state index is 12.6. The maximum absolute atomic E-state index is 12.6. The van der Waals surface area contributed by atoms with Gasteiger partial charge in [0.25, 0.3) is 5.91 Å². The number of fused-ring (bicyclic) bond motifs is 3. The molecule has 9 nitrogen and oxygen atoms in total. The molecule has 2 aliphatic rings. The van der Waals surface area contributed by atoms with E-state index >= 15 is 0 Å².